The fourth-order valence-corrected chi connectivity index (χ4v) is 4.01. The monoisotopic (exact) mass is 365 g/mol. The fraction of sp³-hybridized carbons (Fsp3) is 0.500. The van der Waals surface area contributed by atoms with Crippen LogP contribution in [0.15, 0.2) is 23.2 Å². The maximum Gasteiger partial charge on any atom is 0.270 e. The van der Waals surface area contributed by atoms with E-state index in [2.05, 4.69) is 14.8 Å². The standard InChI is InChI=1S/C16H23N5O3S/c1-3-6-12-9-15(20(2)18-12)19-25(23,24)13-10-14(17-11-13)16(22)21-7-4-5-8-21/h9-11,17,19H,3-8H2,1-2H3. The highest BCUT2D eigenvalue weighted by Gasteiger charge is 2.24. The van der Waals surface area contributed by atoms with Crippen LogP contribution in [0.1, 0.15) is 42.4 Å². The number of H-pyrrole nitrogens is 1. The number of hydrogen-bond donors (Lipinski definition) is 2. The molecular weight excluding hydrogens is 342 g/mol. The lowest BCUT2D eigenvalue weighted by Gasteiger charge is -2.13. The van der Waals surface area contributed by atoms with E-state index in [9.17, 15) is 13.2 Å². The van der Waals surface area contributed by atoms with Gasteiger partial charge in [-0.05, 0) is 25.3 Å². The lowest BCUT2D eigenvalue weighted by atomic mass is 10.2. The zero-order valence-corrected chi connectivity index (χ0v) is 15.3. The van der Waals surface area contributed by atoms with Gasteiger partial charge in [0.1, 0.15) is 16.4 Å². The number of sulfonamides is 1. The maximum absolute atomic E-state index is 12.6. The molecule has 0 saturated carbocycles. The Balaban J connectivity index is 1.77. The van der Waals surface area contributed by atoms with E-state index in [-0.39, 0.29) is 10.8 Å². The largest absolute Gasteiger partial charge is 0.356 e. The lowest BCUT2D eigenvalue weighted by Crippen LogP contribution is -2.27. The number of aromatic nitrogens is 3. The van der Waals surface area contributed by atoms with Gasteiger partial charge in [-0.2, -0.15) is 5.10 Å². The molecule has 2 aromatic rings. The average molecular weight is 365 g/mol. The number of carbonyl (C=O) groups excluding carboxylic acids is 1. The van der Waals surface area contributed by atoms with E-state index in [1.165, 1.54) is 16.9 Å². The van der Waals surface area contributed by atoms with Gasteiger partial charge in [0.25, 0.3) is 15.9 Å². The summed E-state index contributed by atoms with van der Waals surface area (Å²) in [5.41, 5.74) is 1.13. The number of carbonyl (C=O) groups is 1. The summed E-state index contributed by atoms with van der Waals surface area (Å²) in [6.07, 6.45) is 5.03. The van der Waals surface area contributed by atoms with Crippen LogP contribution in [0.2, 0.25) is 0 Å². The van der Waals surface area contributed by atoms with Crippen LogP contribution in [0.3, 0.4) is 0 Å². The van der Waals surface area contributed by atoms with Crippen molar-refractivity contribution >= 4 is 21.7 Å². The van der Waals surface area contributed by atoms with Crippen LogP contribution in [-0.2, 0) is 23.5 Å². The Morgan fingerprint density at radius 2 is 2.04 bits per heavy atom. The molecule has 1 aliphatic rings. The molecule has 3 heterocycles. The van der Waals surface area contributed by atoms with Crippen molar-refractivity contribution < 1.29 is 13.2 Å². The first-order chi connectivity index (χ1) is 11.9. The molecule has 25 heavy (non-hydrogen) atoms. The van der Waals surface area contributed by atoms with E-state index in [1.807, 2.05) is 6.92 Å². The molecule has 1 aliphatic heterocycles. The van der Waals surface area contributed by atoms with Gasteiger partial charge in [-0.3, -0.25) is 14.2 Å². The average Bonchev–Trinajstić information content (AvgIpc) is 3.29. The molecule has 2 N–H and O–H groups in total. The summed E-state index contributed by atoms with van der Waals surface area (Å²) in [5.74, 6) is 0.238. The van der Waals surface area contributed by atoms with Crippen LogP contribution in [0.25, 0.3) is 0 Å². The third-order valence-electron chi connectivity index (χ3n) is 4.27. The zero-order valence-electron chi connectivity index (χ0n) is 14.4. The minimum Gasteiger partial charge on any atom is -0.356 e. The second-order valence-corrected chi connectivity index (χ2v) is 7.93. The van der Waals surface area contributed by atoms with Crippen LogP contribution < -0.4 is 4.72 Å². The van der Waals surface area contributed by atoms with E-state index in [4.69, 9.17) is 0 Å². The Kier molecular flexibility index (Phi) is 4.85. The molecular formula is C16H23N5O3S. The highest BCUT2D eigenvalue weighted by molar-refractivity contribution is 7.92. The molecule has 0 atom stereocenters. The SMILES string of the molecule is CCCc1cc(NS(=O)(=O)c2c[nH]c(C(=O)N3CCCC3)c2)n(C)n1. The third kappa shape index (κ3) is 3.71. The second kappa shape index (κ2) is 6.91. The van der Waals surface area contributed by atoms with E-state index >= 15 is 0 Å². The van der Waals surface area contributed by atoms with E-state index in [0.717, 1.165) is 31.4 Å². The smallest absolute Gasteiger partial charge is 0.270 e. The summed E-state index contributed by atoms with van der Waals surface area (Å²) in [4.78, 5) is 16.9. The van der Waals surface area contributed by atoms with Crippen molar-refractivity contribution in [2.75, 3.05) is 17.8 Å². The summed E-state index contributed by atoms with van der Waals surface area (Å²) in [6.45, 7) is 3.47. The van der Waals surface area contributed by atoms with Crippen LogP contribution in [0.4, 0.5) is 5.82 Å². The number of nitrogens with one attached hydrogen (secondary N) is 2. The molecule has 9 heteroatoms. The Hall–Kier alpha value is -2.29. The Morgan fingerprint density at radius 3 is 2.72 bits per heavy atom. The number of likely N-dealkylation sites (tertiary alicyclic amines) is 1. The molecule has 1 amide bonds. The van der Waals surface area contributed by atoms with Crippen molar-refractivity contribution in [3.63, 3.8) is 0 Å². The van der Waals surface area contributed by atoms with Gasteiger partial charge in [0.2, 0.25) is 0 Å². The quantitative estimate of drug-likeness (QED) is 0.814. The molecule has 0 bridgehead atoms. The van der Waals surface area contributed by atoms with Crippen LogP contribution in [0, 0.1) is 0 Å². The molecule has 8 nitrogen and oxygen atoms in total. The molecule has 0 radical (unpaired) electrons. The molecule has 3 rings (SSSR count). The molecule has 136 valence electrons. The predicted molar refractivity (Wildman–Crippen MR) is 93.9 cm³/mol. The fourth-order valence-electron chi connectivity index (χ4n) is 2.94. The molecule has 0 spiro atoms. The summed E-state index contributed by atoms with van der Waals surface area (Å²) >= 11 is 0. The normalized spacial score (nSPS) is 14.9. The first-order valence-corrected chi connectivity index (χ1v) is 9.92. The molecule has 1 saturated heterocycles. The number of aryl methyl sites for hydroxylation is 2. The van der Waals surface area contributed by atoms with Gasteiger partial charge in [0.05, 0.1) is 5.69 Å². The van der Waals surface area contributed by atoms with Crippen molar-refractivity contribution in [1.82, 2.24) is 19.7 Å². The Labute approximate surface area is 147 Å². The number of rotatable bonds is 6. The van der Waals surface area contributed by atoms with Crippen molar-refractivity contribution in [2.24, 2.45) is 7.05 Å². The van der Waals surface area contributed by atoms with Crippen LogP contribution in [-0.4, -0.2) is 47.1 Å². The molecule has 0 aliphatic carbocycles. The number of nitrogens with zero attached hydrogens (tertiary/aromatic N) is 3. The van der Waals surface area contributed by atoms with E-state index < -0.39 is 10.0 Å². The number of hydrogen-bond acceptors (Lipinski definition) is 4. The highest BCUT2D eigenvalue weighted by Crippen LogP contribution is 2.19. The summed E-state index contributed by atoms with van der Waals surface area (Å²) < 4.78 is 29.2. The minimum atomic E-state index is -3.79. The summed E-state index contributed by atoms with van der Waals surface area (Å²) in [7, 11) is -2.10. The molecule has 0 aromatic carbocycles. The Morgan fingerprint density at radius 1 is 1.32 bits per heavy atom. The van der Waals surface area contributed by atoms with E-state index in [0.29, 0.717) is 24.6 Å². The van der Waals surface area contributed by atoms with Crippen molar-refractivity contribution in [3.8, 4) is 0 Å². The number of aromatic amines is 1. The van der Waals surface area contributed by atoms with Crippen molar-refractivity contribution in [2.45, 2.75) is 37.5 Å². The topological polar surface area (TPSA) is 100 Å². The van der Waals surface area contributed by atoms with Gasteiger partial charge in [0.15, 0.2) is 0 Å². The first kappa shape index (κ1) is 17.5. The third-order valence-corrected chi connectivity index (χ3v) is 5.60. The number of anilines is 1. The van der Waals surface area contributed by atoms with Crippen molar-refractivity contribution in [1.29, 1.82) is 0 Å². The number of amides is 1. The second-order valence-electron chi connectivity index (χ2n) is 6.25. The first-order valence-electron chi connectivity index (χ1n) is 8.44. The molecule has 2 aromatic heterocycles. The summed E-state index contributed by atoms with van der Waals surface area (Å²) in [5, 5.41) is 4.29. The Bertz CT molecular complexity index is 862. The minimum absolute atomic E-state index is 0.0355. The highest BCUT2D eigenvalue weighted by atomic mass is 32.2. The van der Waals surface area contributed by atoms with Crippen LogP contribution in [0.5, 0.6) is 0 Å². The van der Waals surface area contributed by atoms with Gasteiger partial charge < -0.3 is 9.88 Å². The van der Waals surface area contributed by atoms with Gasteiger partial charge >= 0.3 is 0 Å². The van der Waals surface area contributed by atoms with Gasteiger partial charge in [-0.15, -0.1) is 0 Å². The lowest BCUT2D eigenvalue weighted by molar-refractivity contribution is 0.0787. The maximum atomic E-state index is 12.6. The van der Waals surface area contributed by atoms with Crippen LogP contribution >= 0.6 is 0 Å². The molecule has 0 unspecified atom stereocenters. The zero-order chi connectivity index (χ0) is 18.0. The van der Waals surface area contributed by atoms with Gasteiger partial charge in [-0.25, -0.2) is 8.42 Å². The molecule has 1 fully saturated rings. The predicted octanol–water partition coefficient (Wildman–Crippen LogP) is 1.74. The van der Waals surface area contributed by atoms with Crippen molar-refractivity contribution in [3.05, 3.63) is 29.7 Å². The summed E-state index contributed by atoms with van der Waals surface area (Å²) in [6, 6.07) is 3.11. The van der Waals surface area contributed by atoms with Gasteiger partial charge in [-0.1, -0.05) is 13.3 Å². The van der Waals surface area contributed by atoms with Gasteiger partial charge in [0, 0.05) is 32.4 Å². The van der Waals surface area contributed by atoms with E-state index in [1.54, 1.807) is 18.0 Å².